The summed E-state index contributed by atoms with van der Waals surface area (Å²) in [5.41, 5.74) is 0. The number of carbonyl (C=O) groups excluding carboxylic acids is 1. The maximum Gasteiger partial charge on any atom is 0.243 e. The summed E-state index contributed by atoms with van der Waals surface area (Å²) in [5, 5.41) is 3.29. The molecule has 1 aromatic carbocycles. The summed E-state index contributed by atoms with van der Waals surface area (Å²) in [4.78, 5) is 14.1. The quantitative estimate of drug-likeness (QED) is 0.856. The number of amides is 1. The van der Waals surface area contributed by atoms with Crippen molar-refractivity contribution in [2.45, 2.75) is 24.8 Å². The van der Waals surface area contributed by atoms with Crippen LogP contribution in [0.5, 0.6) is 0 Å². The van der Waals surface area contributed by atoms with Crippen LogP contribution in [0.25, 0.3) is 0 Å². The molecule has 1 heterocycles. The fraction of sp³-hybridized carbons (Fsp3) is 0.533. The Kier molecular flexibility index (Phi) is 6.02. The summed E-state index contributed by atoms with van der Waals surface area (Å²) in [5.74, 6) is -0.0264. The van der Waals surface area contributed by atoms with Crippen molar-refractivity contribution in [3.05, 3.63) is 29.3 Å². The van der Waals surface area contributed by atoms with Gasteiger partial charge in [0.2, 0.25) is 15.9 Å². The molecule has 0 radical (unpaired) electrons. The Bertz CT molecular complexity index is 640. The van der Waals surface area contributed by atoms with Crippen molar-refractivity contribution in [2.75, 3.05) is 32.7 Å². The average Bonchev–Trinajstić information content (AvgIpc) is 2.55. The van der Waals surface area contributed by atoms with Crippen LogP contribution in [0.2, 0.25) is 5.02 Å². The fourth-order valence-corrected chi connectivity index (χ4v) is 4.12. The molecular formula is C15H22ClN3O3S. The van der Waals surface area contributed by atoms with Gasteiger partial charge in [-0.2, -0.15) is 4.31 Å². The topological polar surface area (TPSA) is 69.7 Å². The molecule has 1 saturated heterocycles. The van der Waals surface area contributed by atoms with Gasteiger partial charge in [0.25, 0.3) is 0 Å². The molecule has 1 atom stereocenters. The molecule has 0 bridgehead atoms. The van der Waals surface area contributed by atoms with E-state index in [4.69, 9.17) is 11.6 Å². The first-order valence-corrected chi connectivity index (χ1v) is 9.45. The van der Waals surface area contributed by atoms with E-state index in [9.17, 15) is 13.2 Å². The highest BCUT2D eigenvalue weighted by Gasteiger charge is 2.31. The summed E-state index contributed by atoms with van der Waals surface area (Å²) in [6.07, 6.45) is 0. The highest BCUT2D eigenvalue weighted by atomic mass is 35.5. The Morgan fingerprint density at radius 2 is 1.78 bits per heavy atom. The first kappa shape index (κ1) is 18.2. The molecular weight excluding hydrogens is 338 g/mol. The molecule has 0 spiro atoms. The van der Waals surface area contributed by atoms with Crippen molar-refractivity contribution in [1.82, 2.24) is 14.5 Å². The third-order valence-corrected chi connectivity index (χ3v) is 6.17. The van der Waals surface area contributed by atoms with Crippen LogP contribution in [-0.4, -0.2) is 62.3 Å². The smallest absolute Gasteiger partial charge is 0.243 e. The van der Waals surface area contributed by atoms with Crippen LogP contribution < -0.4 is 5.32 Å². The minimum absolute atomic E-state index is 0.0264. The van der Waals surface area contributed by atoms with Crippen molar-refractivity contribution in [2.24, 2.45) is 0 Å². The summed E-state index contributed by atoms with van der Waals surface area (Å²) >= 11 is 5.80. The van der Waals surface area contributed by atoms with Gasteiger partial charge in [0.1, 0.15) is 0 Å². The third-order valence-electron chi connectivity index (χ3n) is 4.00. The van der Waals surface area contributed by atoms with Crippen LogP contribution in [0.15, 0.2) is 29.2 Å². The van der Waals surface area contributed by atoms with Gasteiger partial charge in [-0.15, -0.1) is 0 Å². The zero-order chi connectivity index (χ0) is 17.0. The molecule has 128 valence electrons. The number of hydrogen-bond acceptors (Lipinski definition) is 4. The molecule has 1 amide bonds. The molecule has 2 rings (SSSR count). The Labute approximate surface area is 142 Å². The van der Waals surface area contributed by atoms with Crippen LogP contribution >= 0.6 is 11.6 Å². The van der Waals surface area contributed by atoms with Crippen LogP contribution in [0, 0.1) is 0 Å². The number of hydrogen-bond donors (Lipinski definition) is 1. The molecule has 1 fully saturated rings. The van der Waals surface area contributed by atoms with Gasteiger partial charge < -0.3 is 5.32 Å². The molecule has 1 N–H and O–H groups in total. The second-order valence-corrected chi connectivity index (χ2v) is 7.84. The molecule has 0 saturated carbocycles. The first-order valence-electron chi connectivity index (χ1n) is 7.63. The number of halogens is 1. The van der Waals surface area contributed by atoms with Gasteiger partial charge in [-0.3, -0.25) is 9.69 Å². The predicted molar refractivity (Wildman–Crippen MR) is 89.9 cm³/mol. The number of likely N-dealkylation sites (N-methyl/N-ethyl adjacent to an activating group) is 1. The molecule has 6 nitrogen and oxygen atoms in total. The van der Waals surface area contributed by atoms with Gasteiger partial charge in [0.05, 0.1) is 10.9 Å². The second-order valence-electron chi connectivity index (χ2n) is 5.46. The Morgan fingerprint density at radius 3 is 2.30 bits per heavy atom. The third kappa shape index (κ3) is 4.23. The van der Waals surface area contributed by atoms with Crippen molar-refractivity contribution >= 4 is 27.5 Å². The van der Waals surface area contributed by atoms with E-state index >= 15 is 0 Å². The van der Waals surface area contributed by atoms with Crippen LogP contribution in [-0.2, 0) is 14.8 Å². The Morgan fingerprint density at radius 1 is 1.22 bits per heavy atom. The largest absolute Gasteiger partial charge is 0.355 e. The van der Waals surface area contributed by atoms with E-state index in [0.29, 0.717) is 37.7 Å². The lowest BCUT2D eigenvalue weighted by Gasteiger charge is -2.36. The lowest BCUT2D eigenvalue weighted by molar-refractivity contribution is -0.126. The number of carbonyl (C=O) groups is 1. The van der Waals surface area contributed by atoms with Crippen LogP contribution in [0.4, 0.5) is 0 Å². The van der Waals surface area contributed by atoms with Gasteiger partial charge >= 0.3 is 0 Å². The van der Waals surface area contributed by atoms with E-state index in [2.05, 4.69) is 5.32 Å². The number of nitrogens with one attached hydrogen (secondary N) is 1. The molecule has 1 aliphatic heterocycles. The van der Waals surface area contributed by atoms with Gasteiger partial charge in [-0.1, -0.05) is 11.6 Å². The van der Waals surface area contributed by atoms with Gasteiger partial charge in [0, 0.05) is 37.7 Å². The molecule has 0 aliphatic carbocycles. The molecule has 0 aromatic heterocycles. The van der Waals surface area contributed by atoms with Crippen molar-refractivity contribution in [3.8, 4) is 0 Å². The second kappa shape index (κ2) is 7.61. The highest BCUT2D eigenvalue weighted by molar-refractivity contribution is 7.89. The summed E-state index contributed by atoms with van der Waals surface area (Å²) in [7, 11) is -3.51. The molecule has 8 heteroatoms. The highest BCUT2D eigenvalue weighted by Crippen LogP contribution is 2.20. The summed E-state index contributed by atoms with van der Waals surface area (Å²) in [6.45, 7) is 6.11. The lowest BCUT2D eigenvalue weighted by atomic mass is 10.2. The minimum atomic E-state index is -3.51. The Balaban J connectivity index is 2.01. The summed E-state index contributed by atoms with van der Waals surface area (Å²) in [6, 6.07) is 5.92. The lowest BCUT2D eigenvalue weighted by Crippen LogP contribution is -2.54. The van der Waals surface area contributed by atoms with Crippen LogP contribution in [0.3, 0.4) is 0 Å². The van der Waals surface area contributed by atoms with Gasteiger partial charge in [-0.25, -0.2) is 8.42 Å². The predicted octanol–water partition coefficient (Wildman–Crippen LogP) is 1.17. The van der Waals surface area contributed by atoms with Crippen molar-refractivity contribution in [3.63, 3.8) is 0 Å². The number of nitrogens with zero attached hydrogens (tertiary/aromatic N) is 2. The zero-order valence-corrected chi connectivity index (χ0v) is 14.9. The van der Waals surface area contributed by atoms with E-state index in [1.165, 1.54) is 16.4 Å². The van der Waals surface area contributed by atoms with E-state index in [0.717, 1.165) is 0 Å². The van der Waals surface area contributed by atoms with E-state index in [1.807, 2.05) is 18.7 Å². The van der Waals surface area contributed by atoms with Crippen molar-refractivity contribution < 1.29 is 13.2 Å². The first-order chi connectivity index (χ1) is 10.9. The Hall–Kier alpha value is -1.15. The molecule has 1 aliphatic rings. The maximum atomic E-state index is 12.6. The summed E-state index contributed by atoms with van der Waals surface area (Å²) < 4.78 is 26.6. The normalized spacial score (nSPS) is 18.6. The number of sulfonamides is 1. The van der Waals surface area contributed by atoms with E-state index in [1.54, 1.807) is 12.1 Å². The minimum Gasteiger partial charge on any atom is -0.355 e. The van der Waals surface area contributed by atoms with Gasteiger partial charge in [-0.05, 0) is 38.1 Å². The molecule has 1 aromatic rings. The SMILES string of the molecule is CCNC(=O)[C@H](C)N1CCN(S(=O)(=O)c2ccc(Cl)cc2)CC1. The van der Waals surface area contributed by atoms with E-state index in [-0.39, 0.29) is 16.8 Å². The maximum absolute atomic E-state index is 12.6. The molecule has 23 heavy (non-hydrogen) atoms. The fourth-order valence-electron chi connectivity index (χ4n) is 2.57. The monoisotopic (exact) mass is 359 g/mol. The molecule has 0 unspecified atom stereocenters. The number of benzene rings is 1. The standard InChI is InChI=1S/C15H22ClN3O3S/c1-3-17-15(20)12(2)18-8-10-19(11-9-18)23(21,22)14-6-4-13(16)5-7-14/h4-7,12H,3,8-11H2,1-2H3,(H,17,20)/t12-/m0/s1. The van der Waals surface area contributed by atoms with Crippen LogP contribution in [0.1, 0.15) is 13.8 Å². The average molecular weight is 360 g/mol. The number of piperazine rings is 1. The van der Waals surface area contributed by atoms with E-state index < -0.39 is 10.0 Å². The van der Waals surface area contributed by atoms with Crippen molar-refractivity contribution in [1.29, 1.82) is 0 Å². The van der Waals surface area contributed by atoms with Gasteiger partial charge in [0.15, 0.2) is 0 Å². The zero-order valence-electron chi connectivity index (χ0n) is 13.3. The number of rotatable bonds is 5.